The van der Waals surface area contributed by atoms with Crippen molar-refractivity contribution in [2.75, 3.05) is 13.2 Å². The van der Waals surface area contributed by atoms with Crippen molar-refractivity contribution < 1.29 is 9.90 Å². The minimum absolute atomic E-state index is 0.114. The minimum atomic E-state index is -0.193. The maximum Gasteiger partial charge on any atom is 0.315 e. The van der Waals surface area contributed by atoms with Crippen LogP contribution in [0.4, 0.5) is 4.79 Å². The van der Waals surface area contributed by atoms with E-state index in [1.54, 1.807) is 12.5 Å². The number of rotatable bonds is 8. The van der Waals surface area contributed by atoms with Gasteiger partial charge in [-0.3, -0.25) is 0 Å². The van der Waals surface area contributed by atoms with Crippen LogP contribution in [0.25, 0.3) is 0 Å². The van der Waals surface area contributed by atoms with Gasteiger partial charge in [0.25, 0.3) is 0 Å². The molecule has 0 atom stereocenters. The predicted octanol–water partition coefficient (Wildman–Crippen LogP) is 2.14. The summed E-state index contributed by atoms with van der Waals surface area (Å²) >= 11 is 0. The van der Waals surface area contributed by atoms with Crippen LogP contribution in [0.3, 0.4) is 0 Å². The van der Waals surface area contributed by atoms with Crippen LogP contribution in [-0.4, -0.2) is 33.8 Å². The zero-order valence-corrected chi connectivity index (χ0v) is 14.3. The molecule has 0 bridgehead atoms. The van der Waals surface area contributed by atoms with E-state index in [2.05, 4.69) is 27.8 Å². The van der Waals surface area contributed by atoms with Crippen molar-refractivity contribution in [2.45, 2.75) is 33.4 Å². The molecule has 0 saturated heterocycles. The third-order valence-corrected chi connectivity index (χ3v) is 3.88. The number of carbonyl (C=O) groups excluding carboxylic acids is 1. The van der Waals surface area contributed by atoms with Gasteiger partial charge < -0.3 is 20.3 Å². The van der Waals surface area contributed by atoms with E-state index >= 15 is 0 Å². The van der Waals surface area contributed by atoms with E-state index in [0.29, 0.717) is 19.5 Å². The molecule has 0 spiro atoms. The topological polar surface area (TPSA) is 79.2 Å². The number of benzene rings is 1. The quantitative estimate of drug-likeness (QED) is 0.694. The first-order chi connectivity index (χ1) is 11.5. The second kappa shape index (κ2) is 8.49. The molecule has 2 rings (SSSR count). The number of aromatic nitrogens is 2. The van der Waals surface area contributed by atoms with Gasteiger partial charge in [0, 0.05) is 38.6 Å². The molecular formula is C18H26N4O2. The smallest absolute Gasteiger partial charge is 0.315 e. The van der Waals surface area contributed by atoms with Gasteiger partial charge in [-0.15, -0.1) is 0 Å². The number of urea groups is 1. The number of hydrogen-bond donors (Lipinski definition) is 3. The van der Waals surface area contributed by atoms with Gasteiger partial charge in [0.15, 0.2) is 0 Å². The zero-order chi connectivity index (χ0) is 17.4. The summed E-state index contributed by atoms with van der Waals surface area (Å²) < 4.78 is 2.00. The maximum atomic E-state index is 11.9. The third kappa shape index (κ3) is 6.04. The fraction of sp³-hybridized carbons (Fsp3) is 0.444. The van der Waals surface area contributed by atoms with E-state index in [9.17, 15) is 4.79 Å². The summed E-state index contributed by atoms with van der Waals surface area (Å²) in [5.74, 6) is 0. The molecule has 1 aromatic carbocycles. The number of nitrogens with zero attached hydrogens (tertiary/aromatic N) is 2. The first-order valence-corrected chi connectivity index (χ1v) is 8.15. The standard InChI is InChI=1S/C18H26N4O2/c1-18(2,6-9-23)13-21-17(24)20-11-15-4-3-5-16(10-15)12-22-8-7-19-14-22/h3-5,7-8,10,14,23H,6,9,11-13H2,1-2H3,(H2,20,21,24). The number of aliphatic hydroxyl groups is 1. The van der Waals surface area contributed by atoms with Crippen molar-refractivity contribution in [3.63, 3.8) is 0 Å². The van der Waals surface area contributed by atoms with Crippen molar-refractivity contribution in [3.05, 3.63) is 54.1 Å². The van der Waals surface area contributed by atoms with Crippen LogP contribution in [0.5, 0.6) is 0 Å². The average molecular weight is 330 g/mol. The van der Waals surface area contributed by atoms with Crippen molar-refractivity contribution in [1.29, 1.82) is 0 Å². The van der Waals surface area contributed by atoms with Crippen LogP contribution >= 0.6 is 0 Å². The lowest BCUT2D eigenvalue weighted by Gasteiger charge is -2.23. The molecule has 1 heterocycles. The van der Waals surface area contributed by atoms with Crippen molar-refractivity contribution in [2.24, 2.45) is 5.41 Å². The van der Waals surface area contributed by atoms with Crippen LogP contribution in [0, 0.1) is 5.41 Å². The van der Waals surface area contributed by atoms with Crippen LogP contribution in [0.2, 0.25) is 0 Å². The number of carbonyl (C=O) groups is 1. The van der Waals surface area contributed by atoms with Gasteiger partial charge in [0.1, 0.15) is 0 Å². The molecule has 0 fully saturated rings. The molecule has 6 nitrogen and oxygen atoms in total. The number of amides is 2. The van der Waals surface area contributed by atoms with E-state index in [1.165, 1.54) is 0 Å². The Morgan fingerprint density at radius 1 is 1.29 bits per heavy atom. The highest BCUT2D eigenvalue weighted by atomic mass is 16.3. The minimum Gasteiger partial charge on any atom is -0.396 e. The van der Waals surface area contributed by atoms with Crippen LogP contribution < -0.4 is 10.6 Å². The Balaban J connectivity index is 1.80. The van der Waals surface area contributed by atoms with E-state index < -0.39 is 0 Å². The first kappa shape index (κ1) is 18.0. The summed E-state index contributed by atoms with van der Waals surface area (Å²) in [5.41, 5.74) is 2.10. The van der Waals surface area contributed by atoms with Gasteiger partial charge in [-0.2, -0.15) is 0 Å². The highest BCUT2D eigenvalue weighted by Gasteiger charge is 2.17. The highest BCUT2D eigenvalue weighted by Crippen LogP contribution is 2.17. The van der Waals surface area contributed by atoms with Gasteiger partial charge >= 0.3 is 6.03 Å². The van der Waals surface area contributed by atoms with E-state index in [0.717, 1.165) is 17.7 Å². The van der Waals surface area contributed by atoms with Gasteiger partial charge in [0.2, 0.25) is 0 Å². The Kier molecular flexibility index (Phi) is 6.37. The van der Waals surface area contributed by atoms with Gasteiger partial charge in [-0.1, -0.05) is 38.1 Å². The molecule has 6 heteroatoms. The van der Waals surface area contributed by atoms with Gasteiger partial charge in [-0.25, -0.2) is 9.78 Å². The summed E-state index contributed by atoms with van der Waals surface area (Å²) in [6.07, 6.45) is 6.12. The molecule has 1 aromatic heterocycles. The van der Waals surface area contributed by atoms with E-state index in [1.807, 2.05) is 36.7 Å². The second-order valence-electron chi connectivity index (χ2n) is 6.73. The SMILES string of the molecule is CC(C)(CCO)CNC(=O)NCc1cccc(Cn2ccnc2)c1. The molecule has 0 aliphatic rings. The molecule has 0 radical (unpaired) electrons. The van der Waals surface area contributed by atoms with Crippen molar-refractivity contribution in [1.82, 2.24) is 20.2 Å². The summed E-state index contributed by atoms with van der Waals surface area (Å²) in [4.78, 5) is 15.9. The second-order valence-corrected chi connectivity index (χ2v) is 6.73. The molecule has 2 amide bonds. The normalized spacial score (nSPS) is 11.3. The summed E-state index contributed by atoms with van der Waals surface area (Å²) in [5, 5.41) is 14.7. The Labute approximate surface area is 142 Å². The largest absolute Gasteiger partial charge is 0.396 e. The molecule has 0 unspecified atom stereocenters. The third-order valence-electron chi connectivity index (χ3n) is 3.88. The lowest BCUT2D eigenvalue weighted by Crippen LogP contribution is -2.40. The lowest BCUT2D eigenvalue weighted by atomic mass is 9.90. The Morgan fingerprint density at radius 2 is 2.08 bits per heavy atom. The van der Waals surface area contributed by atoms with Crippen LogP contribution in [0.15, 0.2) is 43.0 Å². The van der Waals surface area contributed by atoms with E-state index in [4.69, 9.17) is 5.11 Å². The highest BCUT2D eigenvalue weighted by molar-refractivity contribution is 5.73. The number of hydrogen-bond acceptors (Lipinski definition) is 3. The molecule has 3 N–H and O–H groups in total. The van der Waals surface area contributed by atoms with Crippen LogP contribution in [-0.2, 0) is 13.1 Å². The van der Waals surface area contributed by atoms with Gasteiger partial charge in [0.05, 0.1) is 6.33 Å². The van der Waals surface area contributed by atoms with Crippen LogP contribution in [0.1, 0.15) is 31.4 Å². The monoisotopic (exact) mass is 330 g/mol. The number of imidazole rings is 1. The summed E-state index contributed by atoms with van der Waals surface area (Å²) in [6, 6.07) is 7.93. The predicted molar refractivity (Wildman–Crippen MR) is 93.5 cm³/mol. The summed E-state index contributed by atoms with van der Waals surface area (Å²) in [6.45, 7) is 5.92. The Bertz CT molecular complexity index is 638. The first-order valence-electron chi connectivity index (χ1n) is 8.15. The Hall–Kier alpha value is -2.34. The van der Waals surface area contributed by atoms with Gasteiger partial charge in [-0.05, 0) is 23.0 Å². The van der Waals surface area contributed by atoms with E-state index in [-0.39, 0.29) is 18.1 Å². The molecule has 130 valence electrons. The van der Waals surface area contributed by atoms with Crippen molar-refractivity contribution in [3.8, 4) is 0 Å². The number of aliphatic hydroxyl groups excluding tert-OH is 1. The Morgan fingerprint density at radius 3 is 2.79 bits per heavy atom. The fourth-order valence-corrected chi connectivity index (χ4v) is 2.38. The molecule has 0 aliphatic carbocycles. The molecule has 0 aliphatic heterocycles. The molecular weight excluding hydrogens is 304 g/mol. The average Bonchev–Trinajstić information content (AvgIpc) is 3.04. The zero-order valence-electron chi connectivity index (χ0n) is 14.3. The molecule has 0 saturated carbocycles. The molecule has 2 aromatic rings. The number of nitrogens with one attached hydrogen (secondary N) is 2. The lowest BCUT2D eigenvalue weighted by molar-refractivity contribution is 0.201. The maximum absolute atomic E-state index is 11.9. The molecule has 24 heavy (non-hydrogen) atoms. The summed E-state index contributed by atoms with van der Waals surface area (Å²) in [7, 11) is 0. The fourth-order valence-electron chi connectivity index (χ4n) is 2.38. The van der Waals surface area contributed by atoms with Crippen molar-refractivity contribution >= 4 is 6.03 Å².